The zero-order valence-electron chi connectivity index (χ0n) is 15.4. The molecule has 0 saturated heterocycles. The molecule has 0 unspecified atom stereocenters. The van der Waals surface area contributed by atoms with Gasteiger partial charge in [0.1, 0.15) is 0 Å². The third kappa shape index (κ3) is 4.72. The monoisotopic (exact) mass is 392 g/mol. The molecule has 0 spiro atoms. The molecule has 3 aromatic rings. The van der Waals surface area contributed by atoms with Gasteiger partial charge in [0.2, 0.25) is 0 Å². The molecule has 0 saturated carbocycles. The lowest BCUT2D eigenvalue weighted by atomic mass is 10.0. The van der Waals surface area contributed by atoms with Crippen molar-refractivity contribution in [2.75, 3.05) is 11.9 Å². The number of thiocarbonyl (C=S) groups is 1. The van der Waals surface area contributed by atoms with Crippen molar-refractivity contribution in [3.63, 3.8) is 0 Å². The molecule has 0 aromatic heterocycles. The Kier molecular flexibility index (Phi) is 6.34. The van der Waals surface area contributed by atoms with E-state index in [0.717, 1.165) is 17.2 Å². The molecule has 1 amide bonds. The highest BCUT2D eigenvalue weighted by Gasteiger charge is 2.12. The molecule has 0 heterocycles. The van der Waals surface area contributed by atoms with E-state index < -0.39 is 0 Å². The summed E-state index contributed by atoms with van der Waals surface area (Å²) in [4.78, 5) is 24.4. The van der Waals surface area contributed by atoms with Crippen LogP contribution in [0.5, 0.6) is 0 Å². The second kappa shape index (κ2) is 9.10. The Morgan fingerprint density at radius 3 is 2.43 bits per heavy atom. The minimum atomic E-state index is -0.361. The Labute approximate surface area is 168 Å². The van der Waals surface area contributed by atoms with Gasteiger partial charge in [0.05, 0.1) is 12.2 Å². The average Bonchev–Trinajstić information content (AvgIpc) is 2.72. The van der Waals surface area contributed by atoms with E-state index in [4.69, 9.17) is 17.0 Å². The molecule has 0 radical (unpaired) electrons. The number of carbonyl (C=O) groups excluding carboxylic acids is 2. The van der Waals surface area contributed by atoms with Crippen LogP contribution in [0, 0.1) is 0 Å². The number of ether oxygens (including phenoxy) is 1. The quantitative estimate of drug-likeness (QED) is 0.493. The molecule has 6 heteroatoms. The fourth-order valence-electron chi connectivity index (χ4n) is 2.72. The van der Waals surface area contributed by atoms with Gasteiger partial charge < -0.3 is 10.1 Å². The lowest BCUT2D eigenvalue weighted by Crippen LogP contribution is -2.34. The maximum absolute atomic E-state index is 12.6. The van der Waals surface area contributed by atoms with E-state index in [1.807, 2.05) is 43.3 Å². The highest BCUT2D eigenvalue weighted by molar-refractivity contribution is 7.80. The molecule has 2 N–H and O–H groups in total. The topological polar surface area (TPSA) is 67.4 Å². The van der Waals surface area contributed by atoms with Crippen LogP contribution in [-0.2, 0) is 4.74 Å². The first-order chi connectivity index (χ1) is 13.6. The molecule has 28 heavy (non-hydrogen) atoms. The summed E-state index contributed by atoms with van der Waals surface area (Å²) in [6.07, 6.45) is 0.774. The molecule has 0 aliphatic heterocycles. The number of nitrogens with one attached hydrogen (secondary N) is 2. The fraction of sp³-hybridized carbons (Fsp3) is 0.136. The number of rotatable bonds is 5. The number of hydrogen-bond donors (Lipinski definition) is 2. The second-order valence-electron chi connectivity index (χ2n) is 6.15. The summed E-state index contributed by atoms with van der Waals surface area (Å²) in [6.45, 7) is 2.33. The van der Waals surface area contributed by atoms with Gasteiger partial charge in [-0.05, 0) is 59.7 Å². The van der Waals surface area contributed by atoms with E-state index in [0.29, 0.717) is 23.4 Å². The maximum Gasteiger partial charge on any atom is 0.338 e. The van der Waals surface area contributed by atoms with E-state index in [1.54, 1.807) is 30.3 Å². The third-order valence-corrected chi connectivity index (χ3v) is 4.28. The minimum absolute atomic E-state index is 0.180. The smallest absolute Gasteiger partial charge is 0.338 e. The van der Waals surface area contributed by atoms with E-state index in [9.17, 15) is 9.59 Å². The number of benzene rings is 3. The first-order valence-corrected chi connectivity index (χ1v) is 9.36. The standard InChI is InChI=1S/C22H20N2O3S/c1-2-14-27-21(26)16-10-12-17(13-11-16)23-22(28)24-20(25)19-9-5-7-15-6-3-4-8-18(15)19/h3-13H,2,14H2,1H3,(H2,23,24,25,28). The number of carbonyl (C=O) groups is 2. The van der Waals surface area contributed by atoms with Gasteiger partial charge >= 0.3 is 5.97 Å². The highest BCUT2D eigenvalue weighted by Crippen LogP contribution is 2.18. The van der Waals surface area contributed by atoms with Gasteiger partial charge in [-0.25, -0.2) is 4.79 Å². The first kappa shape index (κ1) is 19.5. The van der Waals surface area contributed by atoms with Crippen molar-refractivity contribution in [3.8, 4) is 0 Å². The molecule has 3 aromatic carbocycles. The van der Waals surface area contributed by atoms with Gasteiger partial charge in [0.25, 0.3) is 5.91 Å². The van der Waals surface area contributed by atoms with E-state index >= 15 is 0 Å². The molecular formula is C22H20N2O3S. The van der Waals surface area contributed by atoms with E-state index in [-0.39, 0.29) is 17.0 Å². The predicted octanol–water partition coefficient (Wildman–Crippen LogP) is 4.53. The lowest BCUT2D eigenvalue weighted by Gasteiger charge is -2.11. The summed E-state index contributed by atoms with van der Waals surface area (Å²) in [5.74, 6) is -0.644. The van der Waals surface area contributed by atoms with Gasteiger partial charge in [-0.1, -0.05) is 43.3 Å². The van der Waals surface area contributed by atoms with Crippen molar-refractivity contribution >= 4 is 45.7 Å². The number of amides is 1. The maximum atomic E-state index is 12.6. The molecule has 5 nitrogen and oxygen atoms in total. The number of anilines is 1. The molecule has 0 atom stereocenters. The molecule has 0 bridgehead atoms. The molecule has 0 aliphatic carbocycles. The van der Waals surface area contributed by atoms with Crippen molar-refractivity contribution in [2.24, 2.45) is 0 Å². The normalized spacial score (nSPS) is 10.3. The Morgan fingerprint density at radius 1 is 0.964 bits per heavy atom. The summed E-state index contributed by atoms with van der Waals surface area (Å²) in [5.41, 5.74) is 1.68. The van der Waals surface area contributed by atoms with Gasteiger partial charge in [-0.15, -0.1) is 0 Å². The van der Waals surface area contributed by atoms with Crippen LogP contribution in [0.3, 0.4) is 0 Å². The van der Waals surface area contributed by atoms with Crippen molar-refractivity contribution in [1.29, 1.82) is 0 Å². The third-order valence-electron chi connectivity index (χ3n) is 4.08. The lowest BCUT2D eigenvalue weighted by molar-refractivity contribution is 0.0505. The van der Waals surface area contributed by atoms with Crippen LogP contribution < -0.4 is 10.6 Å². The SMILES string of the molecule is CCCOC(=O)c1ccc(NC(=S)NC(=O)c2cccc3ccccc23)cc1. The van der Waals surface area contributed by atoms with Crippen molar-refractivity contribution < 1.29 is 14.3 Å². The molecule has 0 fully saturated rings. The van der Waals surface area contributed by atoms with Gasteiger partial charge in [-0.3, -0.25) is 10.1 Å². The number of fused-ring (bicyclic) bond motifs is 1. The molecular weight excluding hydrogens is 372 g/mol. The van der Waals surface area contributed by atoms with E-state index in [2.05, 4.69) is 10.6 Å². The van der Waals surface area contributed by atoms with Gasteiger partial charge in [0, 0.05) is 11.3 Å². The molecule has 0 aliphatic rings. The summed E-state index contributed by atoms with van der Waals surface area (Å²) in [7, 11) is 0. The van der Waals surface area contributed by atoms with Crippen LogP contribution in [0.1, 0.15) is 34.1 Å². The first-order valence-electron chi connectivity index (χ1n) is 8.96. The molecule has 3 rings (SSSR count). The highest BCUT2D eigenvalue weighted by atomic mass is 32.1. The summed E-state index contributed by atoms with van der Waals surface area (Å²) in [6, 6.07) is 19.9. The van der Waals surface area contributed by atoms with Gasteiger partial charge in [0.15, 0.2) is 5.11 Å². The largest absolute Gasteiger partial charge is 0.462 e. The van der Waals surface area contributed by atoms with Crippen LogP contribution >= 0.6 is 12.2 Å². The summed E-state index contributed by atoms with van der Waals surface area (Å²) in [5, 5.41) is 7.67. The van der Waals surface area contributed by atoms with Crippen LogP contribution in [-0.4, -0.2) is 23.6 Å². The van der Waals surface area contributed by atoms with Crippen LogP contribution in [0.15, 0.2) is 66.7 Å². The van der Waals surface area contributed by atoms with Crippen molar-refractivity contribution in [2.45, 2.75) is 13.3 Å². The van der Waals surface area contributed by atoms with Crippen LogP contribution in [0.25, 0.3) is 10.8 Å². The summed E-state index contributed by atoms with van der Waals surface area (Å²) < 4.78 is 5.09. The van der Waals surface area contributed by atoms with Crippen LogP contribution in [0.2, 0.25) is 0 Å². The van der Waals surface area contributed by atoms with Crippen molar-refractivity contribution in [1.82, 2.24) is 5.32 Å². The zero-order chi connectivity index (χ0) is 19.9. The minimum Gasteiger partial charge on any atom is -0.462 e. The summed E-state index contributed by atoms with van der Waals surface area (Å²) >= 11 is 5.24. The van der Waals surface area contributed by atoms with Crippen LogP contribution in [0.4, 0.5) is 5.69 Å². The zero-order valence-corrected chi connectivity index (χ0v) is 16.2. The Bertz CT molecular complexity index is 1010. The fourth-order valence-corrected chi connectivity index (χ4v) is 2.93. The van der Waals surface area contributed by atoms with Gasteiger partial charge in [-0.2, -0.15) is 0 Å². The Morgan fingerprint density at radius 2 is 1.68 bits per heavy atom. The second-order valence-corrected chi connectivity index (χ2v) is 6.56. The Balaban J connectivity index is 1.63. The number of hydrogen-bond acceptors (Lipinski definition) is 4. The average molecular weight is 392 g/mol. The Hall–Kier alpha value is -3.25. The number of esters is 1. The van der Waals surface area contributed by atoms with E-state index in [1.165, 1.54) is 0 Å². The predicted molar refractivity (Wildman–Crippen MR) is 115 cm³/mol. The van der Waals surface area contributed by atoms with Crippen molar-refractivity contribution in [3.05, 3.63) is 77.9 Å². The molecule has 142 valence electrons.